The standard InChI is InChI=1S/C12H11BrN2O2/c1-14-12(16)9-4-3-7-5-8(13)11(17-2)6-10(7)15-9/h3-6H,1-2H3,(H,14,16). The van der Waals surface area contributed by atoms with Crippen molar-refractivity contribution in [2.75, 3.05) is 14.2 Å². The Morgan fingerprint density at radius 3 is 2.82 bits per heavy atom. The van der Waals surface area contributed by atoms with Crippen molar-refractivity contribution in [1.29, 1.82) is 0 Å². The summed E-state index contributed by atoms with van der Waals surface area (Å²) in [6, 6.07) is 7.26. The molecular weight excluding hydrogens is 284 g/mol. The third-order valence-corrected chi connectivity index (χ3v) is 3.04. The van der Waals surface area contributed by atoms with Gasteiger partial charge in [-0.05, 0) is 28.1 Å². The first kappa shape index (κ1) is 11.9. The minimum Gasteiger partial charge on any atom is -0.495 e. The summed E-state index contributed by atoms with van der Waals surface area (Å²) < 4.78 is 6.06. The van der Waals surface area contributed by atoms with Crippen molar-refractivity contribution in [3.63, 3.8) is 0 Å². The third kappa shape index (κ3) is 2.24. The fraction of sp³-hybridized carbons (Fsp3) is 0.167. The molecule has 0 aliphatic rings. The molecule has 1 N–H and O–H groups in total. The summed E-state index contributed by atoms with van der Waals surface area (Å²) in [6.07, 6.45) is 0. The van der Waals surface area contributed by atoms with Gasteiger partial charge in [0.15, 0.2) is 0 Å². The van der Waals surface area contributed by atoms with Gasteiger partial charge in [-0.2, -0.15) is 0 Å². The molecule has 0 atom stereocenters. The number of methoxy groups -OCH3 is 1. The number of nitrogens with one attached hydrogen (secondary N) is 1. The molecule has 0 aliphatic heterocycles. The lowest BCUT2D eigenvalue weighted by molar-refractivity contribution is 0.0958. The van der Waals surface area contributed by atoms with Crippen molar-refractivity contribution >= 4 is 32.7 Å². The zero-order chi connectivity index (χ0) is 12.4. The lowest BCUT2D eigenvalue weighted by Gasteiger charge is -2.06. The highest BCUT2D eigenvalue weighted by Crippen LogP contribution is 2.29. The lowest BCUT2D eigenvalue weighted by atomic mass is 10.2. The second-order valence-electron chi connectivity index (χ2n) is 3.46. The van der Waals surface area contributed by atoms with Crippen LogP contribution in [0.1, 0.15) is 10.5 Å². The van der Waals surface area contributed by atoms with Crippen LogP contribution in [0.3, 0.4) is 0 Å². The van der Waals surface area contributed by atoms with Crippen molar-refractivity contribution in [2.24, 2.45) is 0 Å². The second-order valence-corrected chi connectivity index (χ2v) is 4.31. The van der Waals surface area contributed by atoms with Gasteiger partial charge in [0.25, 0.3) is 5.91 Å². The van der Waals surface area contributed by atoms with E-state index in [4.69, 9.17) is 4.74 Å². The first-order valence-electron chi connectivity index (χ1n) is 5.02. The van der Waals surface area contributed by atoms with Crippen LogP contribution in [0.5, 0.6) is 5.75 Å². The number of aromatic nitrogens is 1. The molecular formula is C12H11BrN2O2. The van der Waals surface area contributed by atoms with Crippen LogP contribution in [0.4, 0.5) is 0 Å². The van der Waals surface area contributed by atoms with Crippen LogP contribution in [-0.4, -0.2) is 25.0 Å². The Hall–Kier alpha value is -1.62. The molecule has 17 heavy (non-hydrogen) atoms. The van der Waals surface area contributed by atoms with Gasteiger partial charge in [-0.15, -0.1) is 0 Å². The fourth-order valence-electron chi connectivity index (χ4n) is 1.54. The lowest BCUT2D eigenvalue weighted by Crippen LogP contribution is -2.19. The van der Waals surface area contributed by atoms with E-state index in [1.54, 1.807) is 26.3 Å². The molecule has 5 heteroatoms. The fourth-order valence-corrected chi connectivity index (χ4v) is 2.06. The number of hydrogen-bond acceptors (Lipinski definition) is 3. The molecule has 0 bridgehead atoms. The molecule has 0 saturated heterocycles. The average Bonchev–Trinajstić information content (AvgIpc) is 2.36. The number of fused-ring (bicyclic) bond motifs is 1. The Balaban J connectivity index is 2.60. The Morgan fingerprint density at radius 2 is 2.18 bits per heavy atom. The van der Waals surface area contributed by atoms with Crippen molar-refractivity contribution in [3.05, 3.63) is 34.4 Å². The molecule has 0 fully saturated rings. The van der Waals surface area contributed by atoms with Crippen molar-refractivity contribution in [3.8, 4) is 5.75 Å². The maximum Gasteiger partial charge on any atom is 0.269 e. The minimum atomic E-state index is -0.200. The Kier molecular flexibility index (Phi) is 3.28. The van der Waals surface area contributed by atoms with Crippen molar-refractivity contribution < 1.29 is 9.53 Å². The van der Waals surface area contributed by atoms with Gasteiger partial charge in [0, 0.05) is 18.5 Å². The largest absolute Gasteiger partial charge is 0.495 e. The Bertz CT molecular complexity index is 584. The molecule has 2 aromatic rings. The van der Waals surface area contributed by atoms with Crippen LogP contribution < -0.4 is 10.1 Å². The summed E-state index contributed by atoms with van der Waals surface area (Å²) in [7, 11) is 3.17. The highest BCUT2D eigenvalue weighted by molar-refractivity contribution is 9.10. The summed E-state index contributed by atoms with van der Waals surface area (Å²) in [5, 5.41) is 3.49. The highest BCUT2D eigenvalue weighted by atomic mass is 79.9. The zero-order valence-electron chi connectivity index (χ0n) is 9.45. The molecule has 88 valence electrons. The second kappa shape index (κ2) is 4.71. The first-order chi connectivity index (χ1) is 8.15. The molecule has 1 heterocycles. The number of rotatable bonds is 2. The van der Waals surface area contributed by atoms with Crippen LogP contribution >= 0.6 is 15.9 Å². The van der Waals surface area contributed by atoms with Crippen LogP contribution in [0.25, 0.3) is 10.9 Å². The number of carbonyl (C=O) groups excluding carboxylic acids is 1. The SMILES string of the molecule is CNC(=O)c1ccc2cc(Br)c(OC)cc2n1. The van der Waals surface area contributed by atoms with E-state index < -0.39 is 0 Å². The number of amides is 1. The van der Waals surface area contributed by atoms with Gasteiger partial charge in [0.1, 0.15) is 11.4 Å². The summed E-state index contributed by atoms with van der Waals surface area (Å²) >= 11 is 3.41. The summed E-state index contributed by atoms with van der Waals surface area (Å²) in [6.45, 7) is 0. The van der Waals surface area contributed by atoms with E-state index >= 15 is 0 Å². The van der Waals surface area contributed by atoms with Crippen LogP contribution in [-0.2, 0) is 0 Å². The predicted octanol–water partition coefficient (Wildman–Crippen LogP) is 2.37. The Morgan fingerprint density at radius 1 is 1.41 bits per heavy atom. The van der Waals surface area contributed by atoms with E-state index in [0.717, 1.165) is 15.4 Å². The van der Waals surface area contributed by atoms with E-state index in [2.05, 4.69) is 26.2 Å². The monoisotopic (exact) mass is 294 g/mol. The number of ether oxygens (including phenoxy) is 1. The molecule has 1 aromatic carbocycles. The van der Waals surface area contributed by atoms with Crippen LogP contribution in [0.15, 0.2) is 28.7 Å². The first-order valence-corrected chi connectivity index (χ1v) is 5.81. The predicted molar refractivity (Wildman–Crippen MR) is 69.4 cm³/mol. The molecule has 0 saturated carbocycles. The highest BCUT2D eigenvalue weighted by Gasteiger charge is 2.08. The molecule has 0 radical (unpaired) electrons. The third-order valence-electron chi connectivity index (χ3n) is 2.42. The van der Waals surface area contributed by atoms with E-state index in [9.17, 15) is 4.79 Å². The molecule has 1 amide bonds. The maximum absolute atomic E-state index is 11.5. The van der Waals surface area contributed by atoms with Gasteiger partial charge in [-0.3, -0.25) is 4.79 Å². The summed E-state index contributed by atoms with van der Waals surface area (Å²) in [5.41, 5.74) is 1.12. The van der Waals surface area contributed by atoms with Crippen LogP contribution in [0, 0.1) is 0 Å². The van der Waals surface area contributed by atoms with Gasteiger partial charge in [-0.1, -0.05) is 6.07 Å². The number of benzene rings is 1. The van der Waals surface area contributed by atoms with E-state index in [-0.39, 0.29) is 5.91 Å². The molecule has 4 nitrogen and oxygen atoms in total. The number of nitrogens with zero attached hydrogens (tertiary/aromatic N) is 1. The van der Waals surface area contributed by atoms with Crippen molar-refractivity contribution in [1.82, 2.24) is 10.3 Å². The maximum atomic E-state index is 11.5. The number of halogens is 1. The normalized spacial score (nSPS) is 10.3. The molecule has 0 unspecified atom stereocenters. The smallest absolute Gasteiger partial charge is 0.269 e. The zero-order valence-corrected chi connectivity index (χ0v) is 11.0. The molecule has 0 spiro atoms. The van der Waals surface area contributed by atoms with Gasteiger partial charge >= 0.3 is 0 Å². The number of carbonyl (C=O) groups is 1. The number of hydrogen-bond donors (Lipinski definition) is 1. The van der Waals surface area contributed by atoms with Gasteiger partial charge in [-0.25, -0.2) is 4.98 Å². The molecule has 2 rings (SSSR count). The number of pyridine rings is 1. The summed E-state index contributed by atoms with van der Waals surface area (Å²) in [4.78, 5) is 15.7. The summed E-state index contributed by atoms with van der Waals surface area (Å²) in [5.74, 6) is 0.493. The quantitative estimate of drug-likeness (QED) is 0.925. The minimum absolute atomic E-state index is 0.200. The Labute approximate surface area is 107 Å². The van der Waals surface area contributed by atoms with E-state index in [0.29, 0.717) is 11.4 Å². The van der Waals surface area contributed by atoms with Gasteiger partial charge in [0.2, 0.25) is 0 Å². The van der Waals surface area contributed by atoms with E-state index in [1.807, 2.05) is 12.1 Å². The van der Waals surface area contributed by atoms with Gasteiger partial charge in [0.05, 0.1) is 17.1 Å². The van der Waals surface area contributed by atoms with Crippen molar-refractivity contribution in [2.45, 2.75) is 0 Å². The topological polar surface area (TPSA) is 51.2 Å². The van der Waals surface area contributed by atoms with Crippen LogP contribution in [0.2, 0.25) is 0 Å². The average molecular weight is 295 g/mol. The van der Waals surface area contributed by atoms with E-state index in [1.165, 1.54) is 0 Å². The molecule has 0 aliphatic carbocycles. The molecule has 1 aromatic heterocycles. The van der Waals surface area contributed by atoms with Gasteiger partial charge < -0.3 is 10.1 Å².